The Morgan fingerprint density at radius 2 is 1.66 bits per heavy atom. The Morgan fingerprint density at radius 1 is 1.00 bits per heavy atom. The number of aryl methyl sites for hydroxylation is 1. The van der Waals surface area contributed by atoms with E-state index in [0.717, 1.165) is 9.87 Å². The maximum absolute atomic E-state index is 13.3. The molecule has 6 nitrogen and oxygen atoms in total. The lowest BCUT2D eigenvalue weighted by Gasteiger charge is -2.23. The number of nitrogens with zero attached hydrogens (tertiary/aromatic N) is 2. The summed E-state index contributed by atoms with van der Waals surface area (Å²) in [5.41, 5.74) is 2.20. The quantitative estimate of drug-likeness (QED) is 0.497. The van der Waals surface area contributed by atoms with E-state index in [4.69, 9.17) is 16.3 Å². The smallest absolute Gasteiger partial charge is 0.264 e. The molecule has 0 saturated heterocycles. The van der Waals surface area contributed by atoms with Gasteiger partial charge in [0.1, 0.15) is 5.75 Å². The van der Waals surface area contributed by atoms with Crippen LogP contribution in [0.1, 0.15) is 21.5 Å². The summed E-state index contributed by atoms with van der Waals surface area (Å²) in [6, 6.07) is 18.7. The van der Waals surface area contributed by atoms with Crippen molar-refractivity contribution < 1.29 is 17.9 Å². The third-order valence-corrected chi connectivity index (χ3v) is 7.37. The van der Waals surface area contributed by atoms with Crippen LogP contribution in [0.25, 0.3) is 0 Å². The van der Waals surface area contributed by atoms with Crippen LogP contribution < -0.4 is 9.04 Å². The van der Waals surface area contributed by atoms with Gasteiger partial charge in [0.05, 0.1) is 17.7 Å². The second-order valence-electron chi connectivity index (χ2n) is 7.37. The molecule has 0 heterocycles. The molecular weight excluding hydrogens is 448 g/mol. The van der Waals surface area contributed by atoms with E-state index in [1.807, 2.05) is 18.2 Å². The van der Waals surface area contributed by atoms with Crippen molar-refractivity contribution in [3.05, 3.63) is 88.4 Å². The van der Waals surface area contributed by atoms with Crippen molar-refractivity contribution in [1.82, 2.24) is 4.90 Å². The van der Waals surface area contributed by atoms with E-state index in [9.17, 15) is 13.2 Å². The van der Waals surface area contributed by atoms with E-state index in [0.29, 0.717) is 34.1 Å². The maximum Gasteiger partial charge on any atom is 0.264 e. The number of amides is 1. The van der Waals surface area contributed by atoms with E-state index in [1.165, 1.54) is 31.2 Å². The predicted molar refractivity (Wildman–Crippen MR) is 127 cm³/mol. The predicted octanol–water partition coefficient (Wildman–Crippen LogP) is 4.75. The first-order valence-corrected chi connectivity index (χ1v) is 11.7. The van der Waals surface area contributed by atoms with Gasteiger partial charge in [0, 0.05) is 31.2 Å². The molecule has 0 fully saturated rings. The molecule has 0 N–H and O–H groups in total. The third-order valence-electron chi connectivity index (χ3n) is 5.23. The summed E-state index contributed by atoms with van der Waals surface area (Å²) in [6.45, 7) is 2.08. The zero-order chi connectivity index (χ0) is 23.5. The monoisotopic (exact) mass is 472 g/mol. The van der Waals surface area contributed by atoms with Crippen LogP contribution in [-0.2, 0) is 16.6 Å². The van der Waals surface area contributed by atoms with Gasteiger partial charge in [-0.1, -0.05) is 48.0 Å². The van der Waals surface area contributed by atoms with Gasteiger partial charge >= 0.3 is 0 Å². The van der Waals surface area contributed by atoms with Gasteiger partial charge in [0.2, 0.25) is 0 Å². The van der Waals surface area contributed by atoms with Crippen LogP contribution in [0, 0.1) is 6.92 Å². The molecule has 3 rings (SSSR count). The third kappa shape index (κ3) is 4.74. The van der Waals surface area contributed by atoms with Crippen LogP contribution in [0.5, 0.6) is 5.75 Å². The van der Waals surface area contributed by atoms with Crippen molar-refractivity contribution >= 4 is 33.2 Å². The number of rotatable bonds is 7. The van der Waals surface area contributed by atoms with E-state index in [-0.39, 0.29) is 10.8 Å². The minimum Gasteiger partial charge on any atom is -0.495 e. The Bertz CT molecular complexity index is 1240. The molecule has 0 bridgehead atoms. The molecule has 8 heteroatoms. The molecule has 0 aliphatic heterocycles. The van der Waals surface area contributed by atoms with Gasteiger partial charge in [0.25, 0.3) is 15.9 Å². The number of hydrogen-bond acceptors (Lipinski definition) is 4. The molecule has 0 aliphatic rings. The first-order valence-electron chi connectivity index (χ1n) is 9.88. The maximum atomic E-state index is 13.3. The van der Waals surface area contributed by atoms with Crippen LogP contribution >= 0.6 is 11.6 Å². The molecule has 32 heavy (non-hydrogen) atoms. The molecule has 0 unspecified atom stereocenters. The Balaban J connectivity index is 1.94. The lowest BCUT2D eigenvalue weighted by Crippen LogP contribution is -2.29. The fourth-order valence-corrected chi connectivity index (χ4v) is 4.76. The standard InChI is InChI=1S/C24H25ClN2O4S/c1-17-13-14-19(32(29,30)27(3)22-11-7-8-12-23(22)31-4)15-20(17)24(28)26(2)16-18-9-5-6-10-21(18)25/h5-15H,16H2,1-4H3. The molecule has 3 aromatic rings. The van der Waals surface area contributed by atoms with E-state index in [2.05, 4.69) is 0 Å². The van der Waals surface area contributed by atoms with Crippen LogP contribution in [-0.4, -0.2) is 40.4 Å². The number of para-hydroxylation sites is 2. The summed E-state index contributed by atoms with van der Waals surface area (Å²) >= 11 is 6.22. The van der Waals surface area contributed by atoms with Crippen molar-refractivity contribution in [3.63, 3.8) is 0 Å². The highest BCUT2D eigenvalue weighted by Gasteiger charge is 2.26. The lowest BCUT2D eigenvalue weighted by molar-refractivity contribution is 0.0784. The van der Waals surface area contributed by atoms with Crippen LogP contribution in [0.4, 0.5) is 5.69 Å². The number of halogens is 1. The summed E-state index contributed by atoms with van der Waals surface area (Å²) in [7, 11) is 0.672. The van der Waals surface area contributed by atoms with Crippen molar-refractivity contribution in [1.29, 1.82) is 0 Å². The number of carbonyl (C=O) groups is 1. The van der Waals surface area contributed by atoms with E-state index in [1.54, 1.807) is 50.4 Å². The average molecular weight is 473 g/mol. The fourth-order valence-electron chi connectivity index (χ4n) is 3.33. The summed E-state index contributed by atoms with van der Waals surface area (Å²) in [5, 5.41) is 0.568. The van der Waals surface area contributed by atoms with Gasteiger partial charge in [-0.15, -0.1) is 0 Å². The average Bonchev–Trinajstić information content (AvgIpc) is 2.79. The fraction of sp³-hybridized carbons (Fsp3) is 0.208. The van der Waals surface area contributed by atoms with Gasteiger partial charge in [0.15, 0.2) is 0 Å². The minimum absolute atomic E-state index is 0.0194. The highest BCUT2D eigenvalue weighted by atomic mass is 35.5. The first kappa shape index (κ1) is 23.6. The first-order chi connectivity index (χ1) is 15.2. The largest absolute Gasteiger partial charge is 0.495 e. The van der Waals surface area contributed by atoms with Crippen LogP contribution in [0.2, 0.25) is 5.02 Å². The highest BCUT2D eigenvalue weighted by Crippen LogP contribution is 2.31. The molecule has 0 saturated carbocycles. The number of benzene rings is 3. The number of anilines is 1. The Hall–Kier alpha value is -3.03. The highest BCUT2D eigenvalue weighted by molar-refractivity contribution is 7.92. The zero-order valence-corrected chi connectivity index (χ0v) is 19.9. The molecular formula is C24H25ClN2O4S. The Kier molecular flexibility index (Phi) is 7.11. The summed E-state index contributed by atoms with van der Waals surface area (Å²) < 4.78 is 33.1. The van der Waals surface area contributed by atoms with Crippen molar-refractivity contribution in [2.45, 2.75) is 18.4 Å². The number of methoxy groups -OCH3 is 1. The molecule has 168 valence electrons. The SMILES string of the molecule is COc1ccccc1N(C)S(=O)(=O)c1ccc(C)c(C(=O)N(C)Cc2ccccc2Cl)c1. The second-order valence-corrected chi connectivity index (χ2v) is 9.75. The van der Waals surface area contributed by atoms with Gasteiger partial charge < -0.3 is 9.64 Å². The van der Waals surface area contributed by atoms with Gasteiger partial charge in [-0.25, -0.2) is 8.42 Å². The Labute approximate surface area is 194 Å². The van der Waals surface area contributed by atoms with Crippen molar-refractivity contribution in [3.8, 4) is 5.75 Å². The van der Waals surface area contributed by atoms with Gasteiger partial charge in [-0.3, -0.25) is 9.10 Å². The second kappa shape index (κ2) is 9.63. The van der Waals surface area contributed by atoms with Crippen molar-refractivity contribution in [2.75, 3.05) is 25.5 Å². The summed E-state index contributed by atoms with van der Waals surface area (Å²) in [4.78, 5) is 14.7. The molecule has 0 aliphatic carbocycles. The van der Waals surface area contributed by atoms with Crippen LogP contribution in [0.15, 0.2) is 71.6 Å². The normalized spacial score (nSPS) is 11.2. The zero-order valence-electron chi connectivity index (χ0n) is 18.4. The molecule has 0 radical (unpaired) electrons. The molecule has 0 aromatic heterocycles. The van der Waals surface area contributed by atoms with E-state index >= 15 is 0 Å². The number of sulfonamides is 1. The number of hydrogen-bond donors (Lipinski definition) is 0. The van der Waals surface area contributed by atoms with Crippen LogP contribution in [0.3, 0.4) is 0 Å². The van der Waals surface area contributed by atoms with Crippen molar-refractivity contribution in [2.24, 2.45) is 0 Å². The molecule has 1 amide bonds. The summed E-state index contributed by atoms with van der Waals surface area (Å²) in [5.74, 6) is 0.140. The van der Waals surface area contributed by atoms with Gasteiger partial charge in [-0.05, 0) is 48.4 Å². The molecule has 0 spiro atoms. The number of carbonyl (C=O) groups excluding carboxylic acids is 1. The van der Waals surface area contributed by atoms with E-state index < -0.39 is 10.0 Å². The molecule has 3 aromatic carbocycles. The summed E-state index contributed by atoms with van der Waals surface area (Å²) in [6.07, 6.45) is 0. The lowest BCUT2D eigenvalue weighted by atomic mass is 10.1. The van der Waals surface area contributed by atoms with Gasteiger partial charge in [-0.2, -0.15) is 0 Å². The topological polar surface area (TPSA) is 66.9 Å². The Morgan fingerprint density at radius 3 is 2.34 bits per heavy atom. The minimum atomic E-state index is -3.93. The number of ether oxygens (including phenoxy) is 1. The molecule has 0 atom stereocenters.